The van der Waals surface area contributed by atoms with E-state index in [1.807, 2.05) is 0 Å². The zero-order valence-electron chi connectivity index (χ0n) is 41.1. The first-order valence-electron chi connectivity index (χ1n) is 26.0. The summed E-state index contributed by atoms with van der Waals surface area (Å²) >= 11 is 0. The van der Waals surface area contributed by atoms with Crippen molar-refractivity contribution in [2.45, 2.75) is 5.41 Å². The van der Waals surface area contributed by atoms with E-state index in [0.29, 0.717) is 0 Å². The molecule has 0 aliphatic heterocycles. The van der Waals surface area contributed by atoms with Crippen LogP contribution in [0.5, 0.6) is 0 Å². The van der Waals surface area contributed by atoms with Crippen molar-refractivity contribution in [1.82, 2.24) is 4.57 Å². The molecule has 2 nitrogen and oxygen atoms in total. The predicted molar refractivity (Wildman–Crippen MR) is 314 cm³/mol. The van der Waals surface area contributed by atoms with E-state index in [1.54, 1.807) is 0 Å². The first-order valence-corrected chi connectivity index (χ1v) is 26.0. The van der Waals surface area contributed by atoms with E-state index in [0.717, 1.165) is 39.4 Å². The van der Waals surface area contributed by atoms with Gasteiger partial charge in [0.15, 0.2) is 0 Å². The number of rotatable bonds is 8. The number of anilines is 3. The Morgan fingerprint density at radius 1 is 0.267 bits per heavy atom. The van der Waals surface area contributed by atoms with Crippen molar-refractivity contribution in [3.63, 3.8) is 0 Å². The molecule has 2 heteroatoms. The Morgan fingerprint density at radius 2 is 0.720 bits per heavy atom. The minimum Gasteiger partial charge on any atom is -0.310 e. The quantitative estimate of drug-likeness (QED) is 0.147. The van der Waals surface area contributed by atoms with Crippen molar-refractivity contribution in [1.29, 1.82) is 0 Å². The van der Waals surface area contributed by atoms with Crippen LogP contribution in [0.3, 0.4) is 0 Å². The Labute approximate surface area is 437 Å². The van der Waals surface area contributed by atoms with Crippen LogP contribution in [0.4, 0.5) is 17.1 Å². The standard InChI is InChI=1S/C73H48N2/c1-3-21-50(22-4-1)56-27-7-8-33-64(56)72-57(51-23-5-2-6-24-51)34-20-40-71(72)74(53-43-41-49(42-44-53)52-25-19-26-54(47-52)75-69-38-17-12-31-62(69)63-32-13-18-39-70(63)75)55-45-46-61-60-30-11-16-37-67(60)73(68(61)48-55)65-35-14-9-28-58(65)59-29-10-15-36-66(59)73/h1-48H. The van der Waals surface area contributed by atoms with Crippen molar-refractivity contribution < 1.29 is 0 Å². The first-order chi connectivity index (χ1) is 37.2. The summed E-state index contributed by atoms with van der Waals surface area (Å²) in [7, 11) is 0. The van der Waals surface area contributed by atoms with Gasteiger partial charge in [-0.25, -0.2) is 0 Å². The van der Waals surface area contributed by atoms with Crippen LogP contribution >= 0.6 is 0 Å². The molecule has 75 heavy (non-hydrogen) atoms. The molecule has 1 spiro atoms. The highest BCUT2D eigenvalue weighted by molar-refractivity contribution is 6.09. The molecule has 2 aliphatic rings. The second kappa shape index (κ2) is 17.2. The highest BCUT2D eigenvalue weighted by Crippen LogP contribution is 2.63. The van der Waals surface area contributed by atoms with E-state index in [4.69, 9.17) is 0 Å². The Balaban J connectivity index is 0.966. The summed E-state index contributed by atoms with van der Waals surface area (Å²) in [6.07, 6.45) is 0. The average molecular weight is 953 g/mol. The van der Waals surface area contributed by atoms with Crippen LogP contribution in [0.1, 0.15) is 22.3 Å². The van der Waals surface area contributed by atoms with Crippen LogP contribution in [0, 0.1) is 0 Å². The molecule has 15 rings (SSSR count). The molecule has 13 aromatic rings. The fourth-order valence-electron chi connectivity index (χ4n) is 12.9. The molecule has 0 saturated carbocycles. The highest BCUT2D eigenvalue weighted by atomic mass is 15.1. The molecule has 0 amide bonds. The molecule has 0 atom stereocenters. The molecule has 0 bridgehead atoms. The summed E-state index contributed by atoms with van der Waals surface area (Å²) in [6, 6.07) is 108. The molecule has 0 fully saturated rings. The van der Waals surface area contributed by atoms with Gasteiger partial charge in [0.1, 0.15) is 0 Å². The lowest BCUT2D eigenvalue weighted by molar-refractivity contribution is 0.793. The summed E-state index contributed by atoms with van der Waals surface area (Å²) in [5.41, 5.74) is 26.1. The topological polar surface area (TPSA) is 8.17 Å². The van der Waals surface area contributed by atoms with Crippen LogP contribution < -0.4 is 4.90 Å². The normalized spacial score (nSPS) is 12.6. The molecular formula is C73H48N2. The van der Waals surface area contributed by atoms with Gasteiger partial charge >= 0.3 is 0 Å². The van der Waals surface area contributed by atoms with Crippen LogP contribution in [0.25, 0.3) is 94.3 Å². The van der Waals surface area contributed by atoms with Crippen molar-refractivity contribution in [2.24, 2.45) is 0 Å². The highest BCUT2D eigenvalue weighted by Gasteiger charge is 2.51. The lowest BCUT2D eigenvalue weighted by atomic mass is 9.70. The Hall–Kier alpha value is -9.76. The second-order valence-electron chi connectivity index (χ2n) is 19.9. The second-order valence-corrected chi connectivity index (χ2v) is 19.9. The van der Waals surface area contributed by atoms with Gasteiger partial charge in [0.25, 0.3) is 0 Å². The van der Waals surface area contributed by atoms with Gasteiger partial charge in [-0.15, -0.1) is 0 Å². The predicted octanol–water partition coefficient (Wildman–Crippen LogP) is 19.3. The third kappa shape index (κ3) is 6.53. The van der Waals surface area contributed by atoms with Gasteiger partial charge in [-0.1, -0.05) is 237 Å². The Morgan fingerprint density at radius 3 is 1.33 bits per heavy atom. The Bertz CT molecular complexity index is 4240. The zero-order valence-corrected chi connectivity index (χ0v) is 41.1. The molecule has 2 aliphatic carbocycles. The maximum atomic E-state index is 2.52. The lowest BCUT2D eigenvalue weighted by Gasteiger charge is -2.33. The monoisotopic (exact) mass is 952 g/mol. The number of hydrogen-bond acceptors (Lipinski definition) is 1. The van der Waals surface area contributed by atoms with Gasteiger partial charge in [-0.05, 0) is 138 Å². The minimum atomic E-state index is -0.499. The summed E-state index contributed by atoms with van der Waals surface area (Å²) < 4.78 is 2.40. The van der Waals surface area contributed by atoms with E-state index in [-0.39, 0.29) is 0 Å². The number of aromatic nitrogens is 1. The molecule has 12 aromatic carbocycles. The molecule has 0 radical (unpaired) electrons. The smallest absolute Gasteiger partial charge is 0.0726 e. The van der Waals surface area contributed by atoms with Crippen LogP contribution in [-0.2, 0) is 5.41 Å². The molecule has 350 valence electrons. The maximum Gasteiger partial charge on any atom is 0.0726 e. The van der Waals surface area contributed by atoms with E-state index in [9.17, 15) is 0 Å². The molecule has 1 heterocycles. The van der Waals surface area contributed by atoms with Crippen molar-refractivity contribution in [3.05, 3.63) is 313 Å². The third-order valence-electron chi connectivity index (χ3n) is 16.0. The lowest BCUT2D eigenvalue weighted by Crippen LogP contribution is -2.26. The number of benzene rings is 12. The van der Waals surface area contributed by atoms with Gasteiger partial charge in [0.2, 0.25) is 0 Å². The molecule has 0 N–H and O–H groups in total. The van der Waals surface area contributed by atoms with E-state index < -0.39 is 5.41 Å². The van der Waals surface area contributed by atoms with Crippen LogP contribution in [0.15, 0.2) is 291 Å². The zero-order chi connectivity index (χ0) is 49.5. The maximum absolute atomic E-state index is 2.52. The first kappa shape index (κ1) is 42.9. The summed E-state index contributed by atoms with van der Waals surface area (Å²) in [5, 5.41) is 2.51. The number of para-hydroxylation sites is 2. The van der Waals surface area contributed by atoms with Gasteiger partial charge in [-0.3, -0.25) is 0 Å². The Kier molecular flexibility index (Phi) is 9.83. The summed E-state index contributed by atoms with van der Waals surface area (Å²) in [6.45, 7) is 0. The van der Waals surface area contributed by atoms with Gasteiger partial charge in [0, 0.05) is 33.4 Å². The van der Waals surface area contributed by atoms with E-state index in [2.05, 4.69) is 301 Å². The minimum absolute atomic E-state index is 0.499. The van der Waals surface area contributed by atoms with Crippen LogP contribution in [-0.4, -0.2) is 4.57 Å². The van der Waals surface area contributed by atoms with Crippen LogP contribution in [0.2, 0.25) is 0 Å². The summed E-state index contributed by atoms with van der Waals surface area (Å²) in [4.78, 5) is 2.52. The van der Waals surface area contributed by atoms with E-state index in [1.165, 1.54) is 94.1 Å². The fourth-order valence-corrected chi connectivity index (χ4v) is 12.9. The number of nitrogens with zero attached hydrogens (tertiary/aromatic N) is 2. The molecule has 1 aromatic heterocycles. The molecular weight excluding hydrogens is 905 g/mol. The number of hydrogen-bond donors (Lipinski definition) is 0. The summed E-state index contributed by atoms with van der Waals surface area (Å²) in [5.74, 6) is 0. The average Bonchev–Trinajstić information content (AvgIpc) is 4.10. The van der Waals surface area contributed by atoms with Crippen molar-refractivity contribution in [2.75, 3.05) is 4.90 Å². The SMILES string of the molecule is c1ccc(-c2ccccc2-c2c(-c3ccccc3)cccc2N(c2ccc(-c3cccc(-n4c5ccccc5c5ccccc54)c3)cc2)c2ccc3c(c2)C2(c4ccccc4-c4ccccc42)c2ccccc2-3)cc1. The van der Waals surface area contributed by atoms with Crippen molar-refractivity contribution >= 4 is 38.9 Å². The van der Waals surface area contributed by atoms with Gasteiger partial charge < -0.3 is 9.47 Å². The fraction of sp³-hybridized carbons (Fsp3) is 0.0137. The van der Waals surface area contributed by atoms with Crippen molar-refractivity contribution in [3.8, 4) is 72.4 Å². The molecule has 0 unspecified atom stereocenters. The molecule has 0 saturated heterocycles. The number of fused-ring (bicyclic) bond motifs is 13. The van der Waals surface area contributed by atoms with Gasteiger partial charge in [-0.2, -0.15) is 0 Å². The van der Waals surface area contributed by atoms with Gasteiger partial charge in [0.05, 0.1) is 22.1 Å². The van der Waals surface area contributed by atoms with E-state index >= 15 is 0 Å². The largest absolute Gasteiger partial charge is 0.310 e. The third-order valence-corrected chi connectivity index (χ3v) is 16.0.